The standard InChI is InChI=1S/C12H11FN2O7/c1-2-5-22-12(17)10(13)11(16)8-4-3-7(14(18)19)6-9(8)15(20)21/h3-4,6,10H,2,5H2,1H3. The Hall–Kier alpha value is -2.91. The molecule has 0 amide bonds. The number of hydrogen-bond acceptors (Lipinski definition) is 7. The van der Waals surface area contributed by atoms with Crippen molar-refractivity contribution in [2.24, 2.45) is 0 Å². The average molecular weight is 314 g/mol. The Balaban J connectivity index is 3.14. The lowest BCUT2D eigenvalue weighted by molar-refractivity contribution is -0.394. The van der Waals surface area contributed by atoms with Crippen molar-refractivity contribution in [2.75, 3.05) is 6.61 Å². The maximum absolute atomic E-state index is 13.7. The SMILES string of the molecule is CCCOC(=O)C(F)C(=O)c1ccc([N+](=O)[O-])cc1[N+](=O)[O-]. The summed E-state index contributed by atoms with van der Waals surface area (Å²) < 4.78 is 18.2. The van der Waals surface area contributed by atoms with E-state index < -0.39 is 44.7 Å². The molecule has 9 nitrogen and oxygen atoms in total. The molecule has 0 saturated carbocycles. The number of Topliss-reactive ketones (excluding diaryl/α,β-unsaturated/α-hetero) is 1. The molecule has 0 spiro atoms. The molecule has 1 unspecified atom stereocenters. The number of esters is 1. The predicted octanol–water partition coefficient (Wildman–Crippen LogP) is 1.98. The Kier molecular flexibility index (Phi) is 5.61. The highest BCUT2D eigenvalue weighted by Crippen LogP contribution is 2.26. The van der Waals surface area contributed by atoms with Gasteiger partial charge in [0.1, 0.15) is 0 Å². The Morgan fingerprint density at radius 3 is 2.41 bits per heavy atom. The monoisotopic (exact) mass is 314 g/mol. The molecule has 0 radical (unpaired) electrons. The largest absolute Gasteiger partial charge is 0.463 e. The molecule has 1 rings (SSSR count). The summed E-state index contributed by atoms with van der Waals surface area (Å²) in [5, 5.41) is 21.4. The van der Waals surface area contributed by atoms with Crippen molar-refractivity contribution >= 4 is 23.1 Å². The molecule has 0 N–H and O–H groups in total. The molecule has 1 aromatic rings. The first-order chi connectivity index (χ1) is 10.3. The highest BCUT2D eigenvalue weighted by molar-refractivity contribution is 6.13. The molecule has 1 atom stereocenters. The minimum Gasteiger partial charge on any atom is -0.463 e. The molecule has 0 aliphatic rings. The second-order valence-electron chi connectivity index (χ2n) is 4.11. The van der Waals surface area contributed by atoms with Crippen molar-refractivity contribution in [3.05, 3.63) is 44.0 Å². The number of non-ortho nitro benzene ring substituents is 1. The van der Waals surface area contributed by atoms with Crippen LogP contribution in [-0.2, 0) is 9.53 Å². The number of rotatable bonds is 7. The van der Waals surface area contributed by atoms with Gasteiger partial charge in [0.2, 0.25) is 5.78 Å². The summed E-state index contributed by atoms with van der Waals surface area (Å²) in [5.74, 6) is -2.94. The zero-order valence-electron chi connectivity index (χ0n) is 11.4. The number of ketones is 1. The van der Waals surface area contributed by atoms with Crippen LogP contribution in [0.3, 0.4) is 0 Å². The maximum Gasteiger partial charge on any atom is 0.349 e. The molecular formula is C12H11FN2O7. The second kappa shape index (κ2) is 7.20. The van der Waals surface area contributed by atoms with Crippen molar-refractivity contribution in [1.29, 1.82) is 0 Å². The first-order valence-corrected chi connectivity index (χ1v) is 6.07. The van der Waals surface area contributed by atoms with Crippen LogP contribution in [0.15, 0.2) is 18.2 Å². The van der Waals surface area contributed by atoms with Crippen LogP contribution in [0, 0.1) is 20.2 Å². The van der Waals surface area contributed by atoms with Crippen LogP contribution in [0.25, 0.3) is 0 Å². The zero-order chi connectivity index (χ0) is 16.9. The number of carbonyl (C=O) groups is 2. The van der Waals surface area contributed by atoms with Gasteiger partial charge in [0, 0.05) is 6.07 Å². The fourth-order valence-electron chi connectivity index (χ4n) is 1.51. The third-order valence-electron chi connectivity index (χ3n) is 2.54. The number of nitrogens with zero attached hydrogens (tertiary/aromatic N) is 2. The lowest BCUT2D eigenvalue weighted by atomic mass is 10.0. The molecule has 0 fully saturated rings. The van der Waals surface area contributed by atoms with E-state index in [9.17, 15) is 34.2 Å². The van der Waals surface area contributed by atoms with Crippen LogP contribution < -0.4 is 0 Å². The van der Waals surface area contributed by atoms with E-state index in [1.165, 1.54) is 0 Å². The third kappa shape index (κ3) is 3.81. The molecule has 0 bridgehead atoms. The van der Waals surface area contributed by atoms with Crippen molar-refractivity contribution in [3.63, 3.8) is 0 Å². The minimum absolute atomic E-state index is 0.102. The zero-order valence-corrected chi connectivity index (χ0v) is 11.4. The van der Waals surface area contributed by atoms with E-state index in [1.807, 2.05) is 0 Å². The van der Waals surface area contributed by atoms with E-state index >= 15 is 0 Å². The number of nitro benzene ring substituents is 2. The molecule has 0 heterocycles. The number of nitro groups is 2. The lowest BCUT2D eigenvalue weighted by Crippen LogP contribution is -2.28. The van der Waals surface area contributed by atoms with E-state index in [4.69, 9.17) is 0 Å². The maximum atomic E-state index is 13.7. The van der Waals surface area contributed by atoms with Gasteiger partial charge < -0.3 is 4.74 Å². The molecule has 0 aliphatic heterocycles. The molecular weight excluding hydrogens is 303 g/mol. The highest BCUT2D eigenvalue weighted by Gasteiger charge is 2.34. The molecule has 0 aliphatic carbocycles. The van der Waals surface area contributed by atoms with Gasteiger partial charge in [0.05, 0.1) is 28.1 Å². The van der Waals surface area contributed by atoms with Crippen molar-refractivity contribution < 1.29 is 28.6 Å². The number of halogens is 1. The van der Waals surface area contributed by atoms with Crippen LogP contribution >= 0.6 is 0 Å². The Morgan fingerprint density at radius 1 is 1.27 bits per heavy atom. The quantitative estimate of drug-likeness (QED) is 0.247. The summed E-state index contributed by atoms with van der Waals surface area (Å²) in [6.07, 6.45) is -2.32. The molecule has 118 valence electrons. The highest BCUT2D eigenvalue weighted by atomic mass is 19.1. The van der Waals surface area contributed by atoms with Crippen LogP contribution in [0.1, 0.15) is 23.7 Å². The molecule has 22 heavy (non-hydrogen) atoms. The minimum atomic E-state index is -2.73. The fourth-order valence-corrected chi connectivity index (χ4v) is 1.51. The van der Waals surface area contributed by atoms with Gasteiger partial charge in [0.25, 0.3) is 17.5 Å². The number of carbonyl (C=O) groups excluding carboxylic acids is 2. The summed E-state index contributed by atoms with van der Waals surface area (Å²) in [6.45, 7) is 1.55. The van der Waals surface area contributed by atoms with Crippen LogP contribution in [-0.4, -0.2) is 34.4 Å². The van der Waals surface area contributed by atoms with E-state index in [0.717, 1.165) is 12.1 Å². The molecule has 1 aromatic carbocycles. The topological polar surface area (TPSA) is 130 Å². The number of alkyl halides is 1. The third-order valence-corrected chi connectivity index (χ3v) is 2.54. The van der Waals surface area contributed by atoms with Crippen molar-refractivity contribution in [1.82, 2.24) is 0 Å². The van der Waals surface area contributed by atoms with Gasteiger partial charge in [-0.05, 0) is 12.5 Å². The average Bonchev–Trinajstić information content (AvgIpc) is 2.50. The molecule has 10 heteroatoms. The van der Waals surface area contributed by atoms with Gasteiger partial charge >= 0.3 is 5.97 Å². The first-order valence-electron chi connectivity index (χ1n) is 6.07. The Labute approximate surface area is 123 Å². The van der Waals surface area contributed by atoms with Crippen LogP contribution in [0.4, 0.5) is 15.8 Å². The summed E-state index contributed by atoms with van der Waals surface area (Å²) >= 11 is 0. The predicted molar refractivity (Wildman–Crippen MR) is 70.2 cm³/mol. The van der Waals surface area contributed by atoms with Crippen molar-refractivity contribution in [3.8, 4) is 0 Å². The number of benzene rings is 1. The normalized spacial score (nSPS) is 11.5. The summed E-state index contributed by atoms with van der Waals surface area (Å²) in [5.41, 5.74) is -2.33. The fraction of sp³-hybridized carbons (Fsp3) is 0.333. The van der Waals surface area contributed by atoms with E-state index in [0.29, 0.717) is 12.5 Å². The Morgan fingerprint density at radius 2 is 1.91 bits per heavy atom. The van der Waals surface area contributed by atoms with Gasteiger partial charge in [-0.25, -0.2) is 9.18 Å². The molecule has 0 aromatic heterocycles. The Bertz CT molecular complexity index is 632. The van der Waals surface area contributed by atoms with Crippen LogP contribution in [0.2, 0.25) is 0 Å². The molecule has 0 saturated heterocycles. The van der Waals surface area contributed by atoms with E-state index in [1.54, 1.807) is 6.92 Å². The summed E-state index contributed by atoms with van der Waals surface area (Å²) in [7, 11) is 0. The van der Waals surface area contributed by atoms with Gasteiger partial charge in [-0.1, -0.05) is 6.92 Å². The van der Waals surface area contributed by atoms with Gasteiger partial charge in [-0.15, -0.1) is 0 Å². The van der Waals surface area contributed by atoms with E-state index in [2.05, 4.69) is 4.74 Å². The first kappa shape index (κ1) is 17.1. The van der Waals surface area contributed by atoms with E-state index in [-0.39, 0.29) is 6.61 Å². The van der Waals surface area contributed by atoms with Crippen molar-refractivity contribution in [2.45, 2.75) is 19.5 Å². The number of hydrogen-bond donors (Lipinski definition) is 0. The summed E-state index contributed by atoms with van der Waals surface area (Å²) in [4.78, 5) is 42.5. The van der Waals surface area contributed by atoms with Gasteiger partial charge in [0.15, 0.2) is 0 Å². The van der Waals surface area contributed by atoms with Crippen LogP contribution in [0.5, 0.6) is 0 Å². The smallest absolute Gasteiger partial charge is 0.349 e. The number of ether oxygens (including phenoxy) is 1. The lowest BCUT2D eigenvalue weighted by Gasteiger charge is -2.07. The summed E-state index contributed by atoms with van der Waals surface area (Å²) in [6, 6.07) is 2.07. The van der Waals surface area contributed by atoms with Gasteiger partial charge in [-0.3, -0.25) is 25.0 Å². The second-order valence-corrected chi connectivity index (χ2v) is 4.11. The van der Waals surface area contributed by atoms with Gasteiger partial charge in [-0.2, -0.15) is 0 Å².